The number of rotatable bonds is 3. The number of fused-ring (bicyclic) bond motifs is 2. The van der Waals surface area contributed by atoms with Gasteiger partial charge in [-0.3, -0.25) is 14.6 Å². The molecule has 7 heteroatoms. The Morgan fingerprint density at radius 1 is 1.21 bits per heavy atom. The highest BCUT2D eigenvalue weighted by Crippen LogP contribution is 2.23. The van der Waals surface area contributed by atoms with Gasteiger partial charge in [0.15, 0.2) is 0 Å². The third-order valence-electron chi connectivity index (χ3n) is 5.43. The molecule has 3 aromatic rings. The second-order valence-electron chi connectivity index (χ2n) is 7.43. The summed E-state index contributed by atoms with van der Waals surface area (Å²) in [5.74, 6) is 2.24. The van der Waals surface area contributed by atoms with Crippen molar-refractivity contribution in [2.75, 3.05) is 18.8 Å². The van der Waals surface area contributed by atoms with Gasteiger partial charge in [0.1, 0.15) is 0 Å². The highest BCUT2D eigenvalue weighted by atomic mass is 32.2. The van der Waals surface area contributed by atoms with Gasteiger partial charge in [-0.15, -0.1) is 0 Å². The summed E-state index contributed by atoms with van der Waals surface area (Å²) in [4.78, 5) is 31.2. The number of aromatic nitrogens is 3. The van der Waals surface area contributed by atoms with Gasteiger partial charge in [0, 0.05) is 54.4 Å². The molecule has 1 saturated heterocycles. The molecule has 0 N–H and O–H groups in total. The SMILES string of the molecule is O=C(c1ccc2ncccc2c1)N1CC(Cn2nc3c(cc2=O)CSCC3)C1. The smallest absolute Gasteiger partial charge is 0.267 e. The van der Waals surface area contributed by atoms with Gasteiger partial charge in [-0.05, 0) is 35.6 Å². The lowest BCUT2D eigenvalue weighted by Gasteiger charge is -2.39. The van der Waals surface area contributed by atoms with Crippen LogP contribution in [0, 0.1) is 5.92 Å². The number of carbonyl (C=O) groups excluding carboxylic acids is 1. The molecule has 6 nitrogen and oxygen atoms in total. The van der Waals surface area contributed by atoms with Gasteiger partial charge in [0.05, 0.1) is 17.8 Å². The molecular weight excluding hydrogens is 372 g/mol. The van der Waals surface area contributed by atoms with E-state index in [4.69, 9.17) is 0 Å². The summed E-state index contributed by atoms with van der Waals surface area (Å²) in [5.41, 5.74) is 3.66. The van der Waals surface area contributed by atoms with Gasteiger partial charge in [0.2, 0.25) is 0 Å². The van der Waals surface area contributed by atoms with E-state index in [1.807, 2.05) is 47.0 Å². The standard InChI is InChI=1S/C21H20N4O2S/c26-20-9-17-13-28-7-5-19(17)23-25(20)12-14-10-24(11-14)21(27)16-3-4-18-15(8-16)2-1-6-22-18/h1-4,6,8-9,14H,5,7,10-13H2. The Morgan fingerprint density at radius 3 is 3.00 bits per heavy atom. The molecule has 5 rings (SSSR count). The number of likely N-dealkylation sites (tertiary alicyclic amines) is 1. The molecule has 2 aliphatic heterocycles. The van der Waals surface area contributed by atoms with Crippen LogP contribution in [0.3, 0.4) is 0 Å². The van der Waals surface area contributed by atoms with E-state index in [0.29, 0.717) is 25.2 Å². The normalized spacial score (nSPS) is 16.6. The second-order valence-corrected chi connectivity index (χ2v) is 8.53. The quantitative estimate of drug-likeness (QED) is 0.684. The first-order chi connectivity index (χ1) is 13.7. The second kappa shape index (κ2) is 7.05. The molecule has 28 heavy (non-hydrogen) atoms. The van der Waals surface area contributed by atoms with E-state index in [1.165, 1.54) is 0 Å². The van der Waals surface area contributed by atoms with Crippen molar-refractivity contribution in [1.29, 1.82) is 0 Å². The number of hydrogen-bond donors (Lipinski definition) is 0. The number of thioether (sulfide) groups is 1. The first-order valence-electron chi connectivity index (χ1n) is 9.49. The number of carbonyl (C=O) groups is 1. The Labute approximate surface area is 166 Å². The fourth-order valence-electron chi connectivity index (χ4n) is 3.87. The molecule has 2 aromatic heterocycles. The lowest BCUT2D eigenvalue weighted by Crippen LogP contribution is -2.52. The monoisotopic (exact) mass is 392 g/mol. The maximum atomic E-state index is 12.7. The maximum absolute atomic E-state index is 12.7. The fourth-order valence-corrected chi connectivity index (χ4v) is 4.82. The number of aryl methyl sites for hydroxylation is 1. The molecule has 1 amide bonds. The Morgan fingerprint density at radius 2 is 2.11 bits per heavy atom. The van der Waals surface area contributed by atoms with Gasteiger partial charge in [-0.2, -0.15) is 16.9 Å². The van der Waals surface area contributed by atoms with Crippen molar-refractivity contribution in [2.45, 2.75) is 18.7 Å². The van der Waals surface area contributed by atoms with Crippen LogP contribution in [0.1, 0.15) is 21.6 Å². The van der Waals surface area contributed by atoms with Gasteiger partial charge < -0.3 is 4.90 Å². The Kier molecular flexibility index (Phi) is 4.39. The Bertz CT molecular complexity index is 1120. The van der Waals surface area contributed by atoms with Crippen molar-refractivity contribution < 1.29 is 4.79 Å². The van der Waals surface area contributed by atoms with E-state index in [1.54, 1.807) is 16.9 Å². The van der Waals surface area contributed by atoms with Crippen LogP contribution in [0.25, 0.3) is 10.9 Å². The van der Waals surface area contributed by atoms with Gasteiger partial charge in [0.25, 0.3) is 11.5 Å². The lowest BCUT2D eigenvalue weighted by atomic mass is 9.98. The zero-order chi connectivity index (χ0) is 19.1. The van der Waals surface area contributed by atoms with Crippen molar-refractivity contribution in [1.82, 2.24) is 19.7 Å². The van der Waals surface area contributed by atoms with Gasteiger partial charge in [-0.25, -0.2) is 4.68 Å². The van der Waals surface area contributed by atoms with E-state index >= 15 is 0 Å². The number of pyridine rings is 1. The summed E-state index contributed by atoms with van der Waals surface area (Å²) < 4.78 is 1.59. The highest BCUT2D eigenvalue weighted by Gasteiger charge is 2.32. The third-order valence-corrected chi connectivity index (χ3v) is 6.44. The first-order valence-corrected chi connectivity index (χ1v) is 10.6. The largest absolute Gasteiger partial charge is 0.338 e. The fraction of sp³-hybridized carbons (Fsp3) is 0.333. The van der Waals surface area contributed by atoms with E-state index in [9.17, 15) is 9.59 Å². The number of nitrogens with zero attached hydrogens (tertiary/aromatic N) is 4. The average molecular weight is 392 g/mol. The van der Waals surface area contributed by atoms with Crippen LogP contribution in [0.2, 0.25) is 0 Å². The van der Waals surface area contributed by atoms with Crippen LogP contribution >= 0.6 is 11.8 Å². The van der Waals surface area contributed by atoms with Crippen molar-refractivity contribution >= 4 is 28.6 Å². The molecular formula is C21H20N4O2S. The third kappa shape index (κ3) is 3.20. The number of amides is 1. The molecule has 0 unspecified atom stereocenters. The topological polar surface area (TPSA) is 68.1 Å². The highest BCUT2D eigenvalue weighted by molar-refractivity contribution is 7.98. The van der Waals surface area contributed by atoms with E-state index in [0.717, 1.165) is 40.1 Å². The summed E-state index contributed by atoms with van der Waals surface area (Å²) in [5, 5.41) is 5.54. The summed E-state index contributed by atoms with van der Waals surface area (Å²) in [7, 11) is 0. The van der Waals surface area contributed by atoms with Crippen LogP contribution in [0.5, 0.6) is 0 Å². The molecule has 1 aromatic carbocycles. The van der Waals surface area contributed by atoms with Crippen molar-refractivity contribution in [3.05, 3.63) is 69.8 Å². The minimum atomic E-state index is -0.0342. The summed E-state index contributed by atoms with van der Waals surface area (Å²) in [6.45, 7) is 1.89. The molecule has 0 aliphatic carbocycles. The first kappa shape index (κ1) is 17.4. The summed E-state index contributed by atoms with van der Waals surface area (Å²) >= 11 is 1.85. The van der Waals surface area contributed by atoms with E-state index in [-0.39, 0.29) is 17.4 Å². The maximum Gasteiger partial charge on any atom is 0.267 e. The van der Waals surface area contributed by atoms with Crippen LogP contribution in [-0.2, 0) is 18.7 Å². The minimum Gasteiger partial charge on any atom is -0.338 e. The van der Waals surface area contributed by atoms with Crippen LogP contribution in [0.4, 0.5) is 0 Å². The molecule has 0 spiro atoms. The molecule has 2 aliphatic rings. The van der Waals surface area contributed by atoms with Gasteiger partial charge >= 0.3 is 0 Å². The van der Waals surface area contributed by atoms with Crippen molar-refractivity contribution in [3.63, 3.8) is 0 Å². The average Bonchev–Trinajstić information content (AvgIpc) is 2.69. The van der Waals surface area contributed by atoms with Crippen LogP contribution in [0.15, 0.2) is 47.4 Å². The Hall–Kier alpha value is -2.67. The zero-order valence-electron chi connectivity index (χ0n) is 15.4. The molecule has 142 valence electrons. The van der Waals surface area contributed by atoms with E-state index in [2.05, 4.69) is 10.1 Å². The minimum absolute atomic E-state index is 0.0322. The number of hydrogen-bond acceptors (Lipinski definition) is 5. The van der Waals surface area contributed by atoms with Crippen molar-refractivity contribution in [2.24, 2.45) is 5.92 Å². The molecule has 0 bridgehead atoms. The molecule has 1 fully saturated rings. The van der Waals surface area contributed by atoms with Gasteiger partial charge in [-0.1, -0.05) is 6.07 Å². The van der Waals surface area contributed by atoms with Crippen LogP contribution in [-0.4, -0.2) is 44.4 Å². The molecule has 0 saturated carbocycles. The van der Waals surface area contributed by atoms with Crippen LogP contribution < -0.4 is 5.56 Å². The lowest BCUT2D eigenvalue weighted by molar-refractivity contribution is 0.0458. The molecule has 0 radical (unpaired) electrons. The predicted octanol–water partition coefficient (Wildman–Crippen LogP) is 2.35. The predicted molar refractivity (Wildman–Crippen MR) is 109 cm³/mol. The molecule has 4 heterocycles. The summed E-state index contributed by atoms with van der Waals surface area (Å²) in [6.07, 6.45) is 2.67. The van der Waals surface area contributed by atoms with Crippen molar-refractivity contribution in [3.8, 4) is 0 Å². The zero-order valence-corrected chi connectivity index (χ0v) is 16.2. The summed E-state index contributed by atoms with van der Waals surface area (Å²) in [6, 6.07) is 11.2. The Balaban J connectivity index is 1.26. The van der Waals surface area contributed by atoms with E-state index < -0.39 is 0 Å². The number of benzene rings is 1. The molecule has 0 atom stereocenters.